The first-order valence-corrected chi connectivity index (χ1v) is 10.4. The lowest BCUT2D eigenvalue weighted by molar-refractivity contribution is -0.141. The minimum absolute atomic E-state index is 0.0212. The third-order valence-electron chi connectivity index (χ3n) is 3.95. The summed E-state index contributed by atoms with van der Waals surface area (Å²) in [5.41, 5.74) is 2.36. The molecule has 0 aliphatic carbocycles. The number of rotatable bonds is 8. The summed E-state index contributed by atoms with van der Waals surface area (Å²) < 4.78 is 36.9. The SMILES string of the molecule is COCCOC(=O)CS(=O)(=O)Nc1nc(-c2ncccc2C)cc2cccnc12. The Morgan fingerprint density at radius 1 is 1.14 bits per heavy atom. The van der Waals surface area contributed by atoms with Gasteiger partial charge in [0.05, 0.1) is 18.0 Å². The van der Waals surface area contributed by atoms with Crippen molar-refractivity contribution < 1.29 is 22.7 Å². The summed E-state index contributed by atoms with van der Waals surface area (Å²) in [4.78, 5) is 24.7. The predicted molar refractivity (Wildman–Crippen MR) is 108 cm³/mol. The minimum Gasteiger partial charge on any atom is -0.462 e. The molecule has 0 radical (unpaired) electrons. The van der Waals surface area contributed by atoms with Gasteiger partial charge in [0.1, 0.15) is 12.1 Å². The second-order valence-electron chi connectivity index (χ2n) is 6.17. The van der Waals surface area contributed by atoms with Gasteiger partial charge in [-0.05, 0) is 30.7 Å². The van der Waals surface area contributed by atoms with Gasteiger partial charge >= 0.3 is 5.97 Å². The van der Waals surface area contributed by atoms with Crippen molar-refractivity contribution in [1.29, 1.82) is 0 Å². The highest BCUT2D eigenvalue weighted by atomic mass is 32.2. The summed E-state index contributed by atoms with van der Waals surface area (Å²) in [7, 11) is -2.61. The van der Waals surface area contributed by atoms with Crippen LogP contribution in [0, 0.1) is 6.92 Å². The summed E-state index contributed by atoms with van der Waals surface area (Å²) in [5.74, 6) is -1.71. The topological polar surface area (TPSA) is 120 Å². The number of hydrogen-bond acceptors (Lipinski definition) is 8. The van der Waals surface area contributed by atoms with Gasteiger partial charge in [-0.25, -0.2) is 13.4 Å². The molecule has 0 aliphatic rings. The van der Waals surface area contributed by atoms with E-state index in [1.165, 1.54) is 13.3 Å². The Morgan fingerprint density at radius 3 is 2.66 bits per heavy atom. The van der Waals surface area contributed by atoms with Gasteiger partial charge in [-0.3, -0.25) is 19.5 Å². The monoisotopic (exact) mass is 416 g/mol. The first kappa shape index (κ1) is 20.6. The number of fused-ring (bicyclic) bond motifs is 1. The molecule has 1 N–H and O–H groups in total. The van der Waals surface area contributed by atoms with Crippen LogP contribution in [0.15, 0.2) is 42.7 Å². The van der Waals surface area contributed by atoms with Crippen LogP contribution in [0.1, 0.15) is 5.56 Å². The molecule has 3 aromatic rings. The van der Waals surface area contributed by atoms with Crippen LogP contribution < -0.4 is 4.72 Å². The van der Waals surface area contributed by atoms with Crippen LogP contribution >= 0.6 is 0 Å². The van der Waals surface area contributed by atoms with Crippen molar-refractivity contribution in [2.45, 2.75) is 6.92 Å². The summed E-state index contributed by atoms with van der Waals surface area (Å²) in [6, 6.07) is 9.01. The Balaban J connectivity index is 1.94. The smallest absolute Gasteiger partial charge is 0.323 e. The molecule has 0 spiro atoms. The number of anilines is 1. The molecule has 0 saturated carbocycles. The van der Waals surface area contributed by atoms with E-state index in [1.807, 2.05) is 13.0 Å². The standard InChI is InChI=1S/C19H20N4O5S/c1-13-5-3-7-20-17(13)15-11-14-6-4-8-21-18(14)19(22-15)23-29(25,26)12-16(24)28-10-9-27-2/h3-8,11H,9-10,12H2,1-2H3,(H,22,23). The highest BCUT2D eigenvalue weighted by Crippen LogP contribution is 2.27. The maximum atomic E-state index is 12.5. The van der Waals surface area contributed by atoms with Crippen LogP contribution in [-0.4, -0.2) is 55.4 Å². The van der Waals surface area contributed by atoms with E-state index in [2.05, 4.69) is 19.7 Å². The highest BCUT2D eigenvalue weighted by Gasteiger charge is 2.21. The van der Waals surface area contributed by atoms with Crippen LogP contribution in [0.2, 0.25) is 0 Å². The van der Waals surface area contributed by atoms with Crippen molar-refractivity contribution in [3.63, 3.8) is 0 Å². The van der Waals surface area contributed by atoms with Crippen LogP contribution in [-0.2, 0) is 24.3 Å². The number of carbonyl (C=O) groups excluding carboxylic acids is 1. The lowest BCUT2D eigenvalue weighted by atomic mass is 10.1. The largest absolute Gasteiger partial charge is 0.462 e. The summed E-state index contributed by atoms with van der Waals surface area (Å²) in [6.45, 7) is 2.04. The van der Waals surface area contributed by atoms with Crippen molar-refractivity contribution in [3.8, 4) is 11.4 Å². The normalized spacial score (nSPS) is 11.4. The molecule has 0 aromatic carbocycles. The van der Waals surface area contributed by atoms with E-state index in [1.54, 1.807) is 30.5 Å². The molecule has 0 atom stereocenters. The average Bonchev–Trinajstić information content (AvgIpc) is 2.67. The zero-order valence-corrected chi connectivity index (χ0v) is 16.8. The summed E-state index contributed by atoms with van der Waals surface area (Å²) >= 11 is 0. The lowest BCUT2D eigenvalue weighted by Gasteiger charge is -2.12. The Morgan fingerprint density at radius 2 is 1.90 bits per heavy atom. The van der Waals surface area contributed by atoms with E-state index >= 15 is 0 Å². The molecule has 0 amide bonds. The average molecular weight is 416 g/mol. The highest BCUT2D eigenvalue weighted by molar-refractivity contribution is 7.93. The third kappa shape index (κ3) is 5.24. The maximum absolute atomic E-state index is 12.5. The van der Waals surface area contributed by atoms with E-state index in [-0.39, 0.29) is 19.0 Å². The van der Waals surface area contributed by atoms with Crippen molar-refractivity contribution in [2.75, 3.05) is 30.8 Å². The number of aryl methyl sites for hydroxylation is 1. The molecule has 0 unspecified atom stereocenters. The van der Waals surface area contributed by atoms with Gasteiger partial charge in [0.2, 0.25) is 10.0 Å². The number of methoxy groups -OCH3 is 1. The van der Waals surface area contributed by atoms with E-state index in [0.717, 1.165) is 5.56 Å². The molecule has 3 aromatic heterocycles. The zero-order chi connectivity index (χ0) is 20.9. The molecule has 0 fully saturated rings. The molecule has 0 bridgehead atoms. The van der Waals surface area contributed by atoms with Crippen molar-refractivity contribution in [1.82, 2.24) is 15.0 Å². The van der Waals surface area contributed by atoms with Crippen molar-refractivity contribution in [3.05, 3.63) is 48.3 Å². The van der Waals surface area contributed by atoms with Gasteiger partial charge in [-0.1, -0.05) is 12.1 Å². The fourth-order valence-electron chi connectivity index (χ4n) is 2.65. The van der Waals surface area contributed by atoms with E-state index in [9.17, 15) is 13.2 Å². The first-order valence-electron chi connectivity index (χ1n) is 8.72. The molecule has 3 rings (SSSR count). The molecule has 9 nitrogen and oxygen atoms in total. The number of nitrogens with one attached hydrogen (secondary N) is 1. The minimum atomic E-state index is -4.06. The number of aromatic nitrogens is 3. The van der Waals surface area contributed by atoms with Gasteiger partial charge in [0, 0.05) is 24.9 Å². The van der Waals surface area contributed by atoms with E-state index in [4.69, 9.17) is 9.47 Å². The van der Waals surface area contributed by atoms with Crippen LogP contribution in [0.3, 0.4) is 0 Å². The van der Waals surface area contributed by atoms with Gasteiger partial charge in [0.25, 0.3) is 0 Å². The summed E-state index contributed by atoms with van der Waals surface area (Å²) in [5, 5.41) is 0.683. The number of nitrogens with zero attached hydrogens (tertiary/aromatic N) is 3. The molecule has 152 valence electrons. The number of hydrogen-bond donors (Lipinski definition) is 1. The quantitative estimate of drug-likeness (QED) is 0.437. The van der Waals surface area contributed by atoms with Crippen LogP contribution in [0.25, 0.3) is 22.3 Å². The van der Waals surface area contributed by atoms with Crippen molar-refractivity contribution in [2.24, 2.45) is 0 Å². The zero-order valence-electron chi connectivity index (χ0n) is 16.0. The van der Waals surface area contributed by atoms with Gasteiger partial charge < -0.3 is 9.47 Å². The third-order valence-corrected chi connectivity index (χ3v) is 5.07. The van der Waals surface area contributed by atoms with E-state index < -0.39 is 21.7 Å². The van der Waals surface area contributed by atoms with Crippen LogP contribution in [0.4, 0.5) is 5.82 Å². The van der Waals surface area contributed by atoms with Crippen LogP contribution in [0.5, 0.6) is 0 Å². The van der Waals surface area contributed by atoms with Gasteiger partial charge in [-0.15, -0.1) is 0 Å². The molecular formula is C19H20N4O5S. The fourth-order valence-corrected chi connectivity index (χ4v) is 3.55. The molecular weight excluding hydrogens is 396 g/mol. The summed E-state index contributed by atoms with van der Waals surface area (Å²) in [6.07, 6.45) is 3.17. The molecule has 0 saturated heterocycles. The second-order valence-corrected chi connectivity index (χ2v) is 7.90. The number of esters is 1. The Labute approximate surface area is 168 Å². The molecule has 0 aliphatic heterocycles. The second kappa shape index (κ2) is 8.93. The van der Waals surface area contributed by atoms with Gasteiger partial charge in [0.15, 0.2) is 11.6 Å². The molecule has 10 heteroatoms. The first-order chi connectivity index (χ1) is 13.9. The Kier molecular flexibility index (Phi) is 6.35. The maximum Gasteiger partial charge on any atom is 0.323 e. The molecule has 3 heterocycles. The number of sulfonamides is 1. The number of carbonyl (C=O) groups is 1. The van der Waals surface area contributed by atoms with Crippen molar-refractivity contribution >= 4 is 32.7 Å². The predicted octanol–water partition coefficient (Wildman–Crippen LogP) is 1.93. The number of pyridine rings is 3. The lowest BCUT2D eigenvalue weighted by Crippen LogP contribution is -2.26. The molecule has 29 heavy (non-hydrogen) atoms. The van der Waals surface area contributed by atoms with E-state index in [0.29, 0.717) is 22.3 Å². The fraction of sp³-hybridized carbons (Fsp3) is 0.263. The number of ether oxygens (including phenoxy) is 2. The van der Waals surface area contributed by atoms with Gasteiger partial charge in [-0.2, -0.15) is 0 Å². The Bertz CT molecular complexity index is 1130. The Hall–Kier alpha value is -3.11.